The zero-order chi connectivity index (χ0) is 26.8. The van der Waals surface area contributed by atoms with Crippen LogP contribution in [0.4, 0.5) is 21.9 Å². The number of anilines is 3. The van der Waals surface area contributed by atoms with Crippen LogP contribution in [0.15, 0.2) is 78.9 Å². The molecule has 0 saturated carbocycles. The minimum atomic E-state index is 0. The second-order valence-corrected chi connectivity index (χ2v) is 10.5. The summed E-state index contributed by atoms with van der Waals surface area (Å²) in [4.78, 5) is 26.7. The van der Waals surface area contributed by atoms with Gasteiger partial charge < -0.3 is 10.6 Å². The number of halogens is 2. The standard InChI is InChI=1S/C32H36N6O.2ClH/c1-24-8-13-29-30(34-24)6-3-7-31(29)36-18-16-35(17-19-36)15-14-25-4-2-5-28(22-25)38-21-20-37(32(38)39)27-11-9-26(23-33)10-12-27;;/h2-13,22H,14-21,23,33H2,1H3;2*1H. The number of pyridine rings is 1. The molecule has 3 heterocycles. The van der Waals surface area contributed by atoms with Crippen molar-refractivity contribution in [1.82, 2.24) is 9.88 Å². The summed E-state index contributed by atoms with van der Waals surface area (Å²) in [5, 5.41) is 1.23. The first-order valence-electron chi connectivity index (χ1n) is 13.9. The monoisotopic (exact) mass is 592 g/mol. The Morgan fingerprint density at radius 2 is 1.46 bits per heavy atom. The van der Waals surface area contributed by atoms with E-state index in [1.807, 2.05) is 47.1 Å². The number of rotatable bonds is 7. The molecule has 216 valence electrons. The van der Waals surface area contributed by atoms with E-state index in [1.165, 1.54) is 16.6 Å². The molecule has 1 aromatic heterocycles. The van der Waals surface area contributed by atoms with Gasteiger partial charge in [0.2, 0.25) is 0 Å². The number of hydrogen-bond acceptors (Lipinski definition) is 5. The topological polar surface area (TPSA) is 68.9 Å². The molecule has 4 aromatic rings. The molecule has 0 atom stereocenters. The number of nitrogens with zero attached hydrogens (tertiary/aromatic N) is 5. The van der Waals surface area contributed by atoms with Crippen LogP contribution in [0.25, 0.3) is 10.9 Å². The predicted octanol–water partition coefficient (Wildman–Crippen LogP) is 5.66. The van der Waals surface area contributed by atoms with Crippen LogP contribution in [0.1, 0.15) is 16.8 Å². The quantitative estimate of drug-likeness (QED) is 0.300. The Labute approximate surface area is 254 Å². The molecule has 2 fully saturated rings. The molecule has 6 rings (SSSR count). The second-order valence-electron chi connectivity index (χ2n) is 10.5. The summed E-state index contributed by atoms with van der Waals surface area (Å²) in [7, 11) is 0. The molecule has 0 bridgehead atoms. The van der Waals surface area contributed by atoms with E-state index in [0.29, 0.717) is 19.6 Å². The van der Waals surface area contributed by atoms with E-state index in [-0.39, 0.29) is 30.8 Å². The molecule has 3 aromatic carbocycles. The lowest BCUT2D eigenvalue weighted by molar-refractivity contribution is 0.256. The van der Waals surface area contributed by atoms with Gasteiger partial charge in [0.1, 0.15) is 0 Å². The summed E-state index contributed by atoms with van der Waals surface area (Å²) in [6, 6.07) is 27.2. The highest BCUT2D eigenvalue weighted by Crippen LogP contribution is 2.28. The highest BCUT2D eigenvalue weighted by molar-refractivity contribution is 6.06. The van der Waals surface area contributed by atoms with Crippen molar-refractivity contribution in [1.29, 1.82) is 0 Å². The highest BCUT2D eigenvalue weighted by Gasteiger charge is 2.30. The number of aryl methyl sites for hydroxylation is 1. The van der Waals surface area contributed by atoms with E-state index in [0.717, 1.165) is 67.3 Å². The Morgan fingerprint density at radius 1 is 0.756 bits per heavy atom. The maximum absolute atomic E-state index is 13.2. The van der Waals surface area contributed by atoms with E-state index in [2.05, 4.69) is 58.3 Å². The van der Waals surface area contributed by atoms with Crippen molar-refractivity contribution in [3.05, 3.63) is 95.7 Å². The fourth-order valence-corrected chi connectivity index (χ4v) is 5.72. The van der Waals surface area contributed by atoms with Gasteiger partial charge in [0.25, 0.3) is 0 Å². The number of hydrogen-bond donors (Lipinski definition) is 1. The van der Waals surface area contributed by atoms with Crippen LogP contribution < -0.4 is 20.4 Å². The lowest BCUT2D eigenvalue weighted by atomic mass is 10.1. The van der Waals surface area contributed by atoms with Crippen molar-refractivity contribution >= 4 is 58.8 Å². The Morgan fingerprint density at radius 3 is 2.20 bits per heavy atom. The van der Waals surface area contributed by atoms with Gasteiger partial charge in [-0.05, 0) is 73.0 Å². The van der Waals surface area contributed by atoms with Crippen LogP contribution in [-0.2, 0) is 13.0 Å². The number of carbonyl (C=O) groups excluding carboxylic acids is 1. The highest BCUT2D eigenvalue weighted by atomic mass is 35.5. The van der Waals surface area contributed by atoms with Gasteiger partial charge >= 0.3 is 6.03 Å². The zero-order valence-corrected chi connectivity index (χ0v) is 25.0. The van der Waals surface area contributed by atoms with Crippen LogP contribution in [-0.4, -0.2) is 61.7 Å². The fraction of sp³-hybridized carbons (Fsp3) is 0.312. The molecule has 2 aliphatic rings. The van der Waals surface area contributed by atoms with E-state index in [1.54, 1.807) is 0 Å². The Bertz CT molecular complexity index is 1470. The molecular weight excluding hydrogens is 555 g/mol. The number of fused-ring (bicyclic) bond motifs is 1. The maximum Gasteiger partial charge on any atom is 0.329 e. The van der Waals surface area contributed by atoms with Gasteiger partial charge in [-0.3, -0.25) is 19.7 Å². The molecule has 2 N–H and O–H groups in total. The molecule has 0 unspecified atom stereocenters. The molecule has 0 spiro atoms. The molecular formula is C32H38Cl2N6O. The minimum absolute atomic E-state index is 0. The van der Waals surface area contributed by atoms with Crippen molar-refractivity contribution in [3.8, 4) is 0 Å². The molecule has 2 saturated heterocycles. The molecule has 7 nitrogen and oxygen atoms in total. The van der Waals surface area contributed by atoms with Gasteiger partial charge in [0.05, 0.1) is 5.52 Å². The molecule has 2 aliphatic heterocycles. The first-order valence-corrected chi connectivity index (χ1v) is 13.9. The summed E-state index contributed by atoms with van der Waals surface area (Å²) in [5.41, 5.74) is 13.4. The number of carbonyl (C=O) groups is 1. The summed E-state index contributed by atoms with van der Waals surface area (Å²) in [5.74, 6) is 0. The van der Waals surface area contributed by atoms with E-state index in [4.69, 9.17) is 10.7 Å². The average Bonchev–Trinajstić information content (AvgIpc) is 3.37. The number of amides is 2. The van der Waals surface area contributed by atoms with Gasteiger partial charge in [-0.1, -0.05) is 30.3 Å². The number of benzene rings is 3. The Balaban J connectivity index is 0.00000194. The lowest BCUT2D eigenvalue weighted by Gasteiger charge is -2.36. The van der Waals surface area contributed by atoms with Gasteiger partial charge in [-0.15, -0.1) is 24.8 Å². The summed E-state index contributed by atoms with van der Waals surface area (Å²) in [6.45, 7) is 9.03. The predicted molar refractivity (Wildman–Crippen MR) is 174 cm³/mol. The van der Waals surface area contributed by atoms with Gasteiger partial charge in [-0.25, -0.2) is 4.79 Å². The first-order chi connectivity index (χ1) is 19.1. The number of nitrogens with two attached hydrogens (primary N) is 1. The third kappa shape index (κ3) is 6.60. The van der Waals surface area contributed by atoms with Gasteiger partial charge in [0.15, 0.2) is 0 Å². The van der Waals surface area contributed by atoms with Crippen LogP contribution in [0.3, 0.4) is 0 Å². The van der Waals surface area contributed by atoms with Gasteiger partial charge in [-0.2, -0.15) is 0 Å². The van der Waals surface area contributed by atoms with Crippen molar-refractivity contribution in [3.63, 3.8) is 0 Å². The zero-order valence-electron chi connectivity index (χ0n) is 23.4. The van der Waals surface area contributed by atoms with Crippen molar-refractivity contribution in [2.24, 2.45) is 5.73 Å². The summed E-state index contributed by atoms with van der Waals surface area (Å²) >= 11 is 0. The summed E-state index contributed by atoms with van der Waals surface area (Å²) in [6.07, 6.45) is 0.970. The fourth-order valence-electron chi connectivity index (χ4n) is 5.72. The van der Waals surface area contributed by atoms with Crippen molar-refractivity contribution < 1.29 is 4.79 Å². The number of urea groups is 1. The van der Waals surface area contributed by atoms with Crippen LogP contribution in [0.5, 0.6) is 0 Å². The largest absolute Gasteiger partial charge is 0.368 e. The average molecular weight is 594 g/mol. The van der Waals surface area contributed by atoms with E-state index < -0.39 is 0 Å². The lowest BCUT2D eigenvalue weighted by Crippen LogP contribution is -2.47. The molecule has 2 amide bonds. The number of aromatic nitrogens is 1. The smallest absolute Gasteiger partial charge is 0.329 e. The molecule has 9 heteroatoms. The molecule has 0 aliphatic carbocycles. The minimum Gasteiger partial charge on any atom is -0.368 e. The van der Waals surface area contributed by atoms with Crippen LogP contribution >= 0.6 is 24.8 Å². The third-order valence-electron chi connectivity index (χ3n) is 7.99. The second kappa shape index (κ2) is 13.5. The normalized spacial score (nSPS) is 15.7. The molecule has 0 radical (unpaired) electrons. The van der Waals surface area contributed by atoms with Crippen LogP contribution in [0, 0.1) is 6.92 Å². The van der Waals surface area contributed by atoms with E-state index in [9.17, 15) is 4.79 Å². The van der Waals surface area contributed by atoms with Crippen LogP contribution in [0.2, 0.25) is 0 Å². The van der Waals surface area contributed by atoms with E-state index >= 15 is 0 Å². The number of piperazine rings is 1. The Kier molecular flexibility index (Phi) is 10.1. The third-order valence-corrected chi connectivity index (χ3v) is 7.99. The van der Waals surface area contributed by atoms with Gasteiger partial charge in [0, 0.05) is 80.5 Å². The first kappa shape index (κ1) is 30.6. The summed E-state index contributed by atoms with van der Waals surface area (Å²) < 4.78 is 0. The Hall–Kier alpha value is -3.36. The molecule has 41 heavy (non-hydrogen) atoms. The van der Waals surface area contributed by atoms with Crippen molar-refractivity contribution in [2.45, 2.75) is 19.9 Å². The van der Waals surface area contributed by atoms with Crippen molar-refractivity contribution in [2.75, 3.05) is 60.5 Å². The maximum atomic E-state index is 13.2. The SMILES string of the molecule is Cc1ccc2c(N3CCN(CCc4cccc(N5CCN(c6ccc(CN)cc6)C5=O)c4)CC3)cccc2n1.Cl.Cl.